The van der Waals surface area contributed by atoms with Gasteiger partial charge in [0, 0.05) is 6.54 Å². The molecule has 0 unspecified atom stereocenters. The second-order valence-corrected chi connectivity index (χ2v) is 3.72. The molecule has 0 amide bonds. The number of nitrogens with one attached hydrogen (secondary N) is 1. The van der Waals surface area contributed by atoms with E-state index in [0.29, 0.717) is 11.7 Å². The van der Waals surface area contributed by atoms with Crippen LogP contribution in [-0.4, -0.2) is 28.6 Å². The zero-order valence-electron chi connectivity index (χ0n) is 10.9. The van der Waals surface area contributed by atoms with Crippen molar-refractivity contribution in [3.05, 3.63) is 24.2 Å². The average molecular weight is 264 g/mol. The van der Waals surface area contributed by atoms with Gasteiger partial charge in [0.1, 0.15) is 12.4 Å². The standard InChI is InChI=1S/C12H16N4O3/c1-3-6-13-10-14-11(17-2)16-12(15-10)19-8-9-5-4-7-18-9/h4-5,7H,3,6,8H2,1-2H3,(H,13,14,15,16). The third-order valence-corrected chi connectivity index (χ3v) is 2.23. The van der Waals surface area contributed by atoms with Crippen molar-refractivity contribution in [1.82, 2.24) is 15.0 Å². The molecule has 0 radical (unpaired) electrons. The number of anilines is 1. The Morgan fingerprint density at radius 3 is 2.79 bits per heavy atom. The molecule has 102 valence electrons. The van der Waals surface area contributed by atoms with Crippen molar-refractivity contribution < 1.29 is 13.9 Å². The van der Waals surface area contributed by atoms with Crippen LogP contribution in [0.4, 0.5) is 5.95 Å². The van der Waals surface area contributed by atoms with Gasteiger partial charge in [0.05, 0.1) is 13.4 Å². The topological polar surface area (TPSA) is 82.3 Å². The lowest BCUT2D eigenvalue weighted by Gasteiger charge is -2.07. The second kappa shape index (κ2) is 6.58. The number of methoxy groups -OCH3 is 1. The zero-order valence-corrected chi connectivity index (χ0v) is 10.9. The summed E-state index contributed by atoms with van der Waals surface area (Å²) in [5.41, 5.74) is 0. The van der Waals surface area contributed by atoms with Crippen molar-refractivity contribution >= 4 is 5.95 Å². The van der Waals surface area contributed by atoms with E-state index in [2.05, 4.69) is 27.2 Å². The van der Waals surface area contributed by atoms with Gasteiger partial charge in [0.2, 0.25) is 5.95 Å². The Labute approximate surface area is 111 Å². The minimum atomic E-state index is 0.196. The van der Waals surface area contributed by atoms with E-state index < -0.39 is 0 Å². The summed E-state index contributed by atoms with van der Waals surface area (Å²) >= 11 is 0. The van der Waals surface area contributed by atoms with Crippen molar-refractivity contribution in [2.75, 3.05) is 19.0 Å². The minimum Gasteiger partial charge on any atom is -0.467 e. The predicted molar refractivity (Wildman–Crippen MR) is 68.2 cm³/mol. The molecule has 0 atom stereocenters. The molecular formula is C12H16N4O3. The van der Waals surface area contributed by atoms with Crippen LogP contribution in [0.5, 0.6) is 12.0 Å². The van der Waals surface area contributed by atoms with Crippen molar-refractivity contribution in [2.24, 2.45) is 0 Å². The Balaban J connectivity index is 2.05. The Morgan fingerprint density at radius 2 is 2.11 bits per heavy atom. The molecule has 0 aliphatic carbocycles. The Morgan fingerprint density at radius 1 is 1.26 bits per heavy atom. The van der Waals surface area contributed by atoms with Gasteiger partial charge in [0.15, 0.2) is 0 Å². The molecule has 7 nitrogen and oxygen atoms in total. The highest BCUT2D eigenvalue weighted by Gasteiger charge is 2.08. The lowest BCUT2D eigenvalue weighted by molar-refractivity contribution is 0.244. The minimum absolute atomic E-state index is 0.196. The van der Waals surface area contributed by atoms with Crippen LogP contribution >= 0.6 is 0 Å². The van der Waals surface area contributed by atoms with Crippen LogP contribution in [0.25, 0.3) is 0 Å². The summed E-state index contributed by atoms with van der Waals surface area (Å²) in [6.07, 6.45) is 2.55. The number of ether oxygens (including phenoxy) is 2. The van der Waals surface area contributed by atoms with Crippen LogP contribution in [0, 0.1) is 0 Å². The summed E-state index contributed by atoms with van der Waals surface area (Å²) in [4.78, 5) is 12.2. The van der Waals surface area contributed by atoms with Crippen molar-refractivity contribution in [1.29, 1.82) is 0 Å². The Kier molecular flexibility index (Phi) is 4.54. The molecule has 0 aliphatic rings. The SMILES string of the molecule is CCCNc1nc(OC)nc(OCc2ccco2)n1. The summed E-state index contributed by atoms with van der Waals surface area (Å²) in [7, 11) is 1.50. The number of hydrogen-bond acceptors (Lipinski definition) is 7. The number of rotatable bonds is 7. The lowest BCUT2D eigenvalue weighted by atomic mass is 10.5. The molecule has 0 saturated heterocycles. The molecule has 0 aromatic carbocycles. The predicted octanol–water partition coefficient (Wildman–Crippen LogP) is 1.87. The summed E-state index contributed by atoms with van der Waals surface area (Å²) in [5, 5.41) is 3.06. The number of furan rings is 1. The Hall–Kier alpha value is -2.31. The van der Waals surface area contributed by atoms with E-state index in [-0.39, 0.29) is 18.6 Å². The van der Waals surface area contributed by atoms with Gasteiger partial charge in [-0.2, -0.15) is 9.97 Å². The van der Waals surface area contributed by atoms with Crippen molar-refractivity contribution in [3.63, 3.8) is 0 Å². The fraction of sp³-hybridized carbons (Fsp3) is 0.417. The maximum Gasteiger partial charge on any atom is 0.324 e. The van der Waals surface area contributed by atoms with Crippen LogP contribution in [-0.2, 0) is 6.61 Å². The van der Waals surface area contributed by atoms with Gasteiger partial charge in [0.25, 0.3) is 0 Å². The highest BCUT2D eigenvalue weighted by atomic mass is 16.5. The van der Waals surface area contributed by atoms with Crippen LogP contribution in [0.2, 0.25) is 0 Å². The van der Waals surface area contributed by atoms with E-state index >= 15 is 0 Å². The molecule has 0 spiro atoms. The van der Waals surface area contributed by atoms with E-state index in [1.807, 2.05) is 6.07 Å². The monoisotopic (exact) mass is 264 g/mol. The van der Waals surface area contributed by atoms with Crippen LogP contribution in [0.1, 0.15) is 19.1 Å². The largest absolute Gasteiger partial charge is 0.467 e. The first-order chi connectivity index (χ1) is 9.31. The molecule has 0 aliphatic heterocycles. The van der Waals surface area contributed by atoms with Gasteiger partial charge in [-0.1, -0.05) is 6.92 Å². The molecular weight excluding hydrogens is 248 g/mol. The van der Waals surface area contributed by atoms with E-state index in [4.69, 9.17) is 13.9 Å². The summed E-state index contributed by atoms with van der Waals surface area (Å²) in [6.45, 7) is 3.08. The highest BCUT2D eigenvalue weighted by molar-refractivity contribution is 5.27. The van der Waals surface area contributed by atoms with Gasteiger partial charge in [-0.15, -0.1) is 4.98 Å². The van der Waals surface area contributed by atoms with Crippen LogP contribution < -0.4 is 14.8 Å². The first-order valence-electron chi connectivity index (χ1n) is 6.01. The average Bonchev–Trinajstić information content (AvgIpc) is 2.96. The molecule has 0 bridgehead atoms. The summed E-state index contributed by atoms with van der Waals surface area (Å²) in [6, 6.07) is 4.01. The third kappa shape index (κ3) is 3.84. The highest BCUT2D eigenvalue weighted by Crippen LogP contribution is 2.14. The summed E-state index contributed by atoms with van der Waals surface area (Å²) < 4.78 is 15.6. The molecule has 0 fully saturated rings. The lowest BCUT2D eigenvalue weighted by Crippen LogP contribution is -2.08. The van der Waals surface area contributed by atoms with Gasteiger partial charge in [-0.25, -0.2) is 0 Å². The molecule has 0 saturated carbocycles. The quantitative estimate of drug-likeness (QED) is 0.817. The summed E-state index contributed by atoms with van der Waals surface area (Å²) in [5.74, 6) is 1.13. The first kappa shape index (κ1) is 13.1. The van der Waals surface area contributed by atoms with E-state index in [1.165, 1.54) is 7.11 Å². The second-order valence-electron chi connectivity index (χ2n) is 3.72. The van der Waals surface area contributed by atoms with Gasteiger partial charge in [-0.05, 0) is 18.6 Å². The molecule has 2 aromatic rings. The smallest absolute Gasteiger partial charge is 0.324 e. The molecule has 19 heavy (non-hydrogen) atoms. The number of nitrogens with zero attached hydrogens (tertiary/aromatic N) is 3. The third-order valence-electron chi connectivity index (χ3n) is 2.23. The number of hydrogen-bond donors (Lipinski definition) is 1. The van der Waals surface area contributed by atoms with E-state index in [9.17, 15) is 0 Å². The molecule has 2 aromatic heterocycles. The normalized spacial score (nSPS) is 10.2. The maximum absolute atomic E-state index is 5.44. The number of aromatic nitrogens is 3. The van der Waals surface area contributed by atoms with Crippen LogP contribution in [0.3, 0.4) is 0 Å². The maximum atomic E-state index is 5.44. The van der Waals surface area contributed by atoms with Crippen molar-refractivity contribution in [2.45, 2.75) is 20.0 Å². The molecule has 1 N–H and O–H groups in total. The molecule has 2 rings (SSSR count). The van der Waals surface area contributed by atoms with Gasteiger partial charge in [-0.3, -0.25) is 0 Å². The van der Waals surface area contributed by atoms with Crippen LogP contribution in [0.15, 0.2) is 22.8 Å². The molecule has 2 heterocycles. The van der Waals surface area contributed by atoms with Crippen molar-refractivity contribution in [3.8, 4) is 12.0 Å². The van der Waals surface area contributed by atoms with E-state index in [1.54, 1.807) is 12.3 Å². The molecule has 7 heteroatoms. The zero-order chi connectivity index (χ0) is 13.5. The first-order valence-corrected chi connectivity index (χ1v) is 6.01. The fourth-order valence-corrected chi connectivity index (χ4v) is 1.34. The van der Waals surface area contributed by atoms with Gasteiger partial charge < -0.3 is 19.2 Å². The van der Waals surface area contributed by atoms with E-state index in [0.717, 1.165) is 13.0 Å². The van der Waals surface area contributed by atoms with Gasteiger partial charge >= 0.3 is 12.0 Å². The fourth-order valence-electron chi connectivity index (χ4n) is 1.34. The Bertz CT molecular complexity index is 502.